The van der Waals surface area contributed by atoms with Crippen LogP contribution in [0.25, 0.3) is 0 Å². The van der Waals surface area contributed by atoms with Gasteiger partial charge in [0.2, 0.25) is 11.8 Å². The van der Waals surface area contributed by atoms with Crippen molar-refractivity contribution in [3.05, 3.63) is 0 Å². The number of nitrogens with two attached hydrogens (primary N) is 1. The third-order valence-corrected chi connectivity index (χ3v) is 2.74. The van der Waals surface area contributed by atoms with Gasteiger partial charge in [-0.25, -0.2) is 5.84 Å². The Balaban J connectivity index is 4.21. The number of nitrogens with zero attached hydrogens (tertiary/aromatic N) is 1. The van der Waals surface area contributed by atoms with Gasteiger partial charge in [0, 0.05) is 12.6 Å². The van der Waals surface area contributed by atoms with Crippen LogP contribution in [-0.4, -0.2) is 42.9 Å². The van der Waals surface area contributed by atoms with Crippen molar-refractivity contribution in [1.29, 1.82) is 0 Å². The third kappa shape index (κ3) is 4.59. The van der Waals surface area contributed by atoms with Crippen LogP contribution in [0.3, 0.4) is 0 Å². The predicted octanol–water partition coefficient (Wildman–Crippen LogP) is -0.931. The van der Waals surface area contributed by atoms with Crippen molar-refractivity contribution >= 4 is 11.8 Å². The molecule has 0 aromatic rings. The highest BCUT2D eigenvalue weighted by molar-refractivity contribution is 5.79. The van der Waals surface area contributed by atoms with E-state index < -0.39 is 0 Å². The fraction of sp³-hybridized carbons (Fsp3) is 0.800. The van der Waals surface area contributed by atoms with Crippen LogP contribution in [0.4, 0.5) is 0 Å². The molecule has 6 nitrogen and oxygen atoms in total. The van der Waals surface area contributed by atoms with Crippen molar-refractivity contribution in [1.82, 2.24) is 15.6 Å². The topological polar surface area (TPSA) is 87.5 Å². The average molecular weight is 230 g/mol. The second-order valence-electron chi connectivity index (χ2n) is 3.91. The van der Waals surface area contributed by atoms with Crippen LogP contribution >= 0.6 is 0 Å². The van der Waals surface area contributed by atoms with E-state index in [-0.39, 0.29) is 30.3 Å². The van der Waals surface area contributed by atoms with Crippen molar-refractivity contribution in [2.75, 3.05) is 20.1 Å². The van der Waals surface area contributed by atoms with Gasteiger partial charge in [0.05, 0.1) is 12.5 Å². The molecular weight excluding hydrogens is 208 g/mol. The fourth-order valence-corrected chi connectivity index (χ4v) is 1.36. The molecule has 0 spiro atoms. The maximum atomic E-state index is 11.3. The van der Waals surface area contributed by atoms with Gasteiger partial charge < -0.3 is 5.32 Å². The molecule has 0 rings (SSSR count). The molecule has 16 heavy (non-hydrogen) atoms. The number of hydrogen-bond acceptors (Lipinski definition) is 4. The quantitative estimate of drug-likeness (QED) is 0.312. The van der Waals surface area contributed by atoms with Gasteiger partial charge in [0.15, 0.2) is 0 Å². The SMILES string of the molecule is CCNC(=O)CN(C)C(C)C(C)C(=O)NN. The maximum absolute atomic E-state index is 11.3. The zero-order valence-electron chi connectivity index (χ0n) is 10.4. The number of hydrazine groups is 1. The van der Waals surface area contributed by atoms with Gasteiger partial charge in [-0.3, -0.25) is 19.9 Å². The number of carbonyl (C=O) groups is 2. The second kappa shape index (κ2) is 7.19. The van der Waals surface area contributed by atoms with Crippen LogP contribution in [0.2, 0.25) is 0 Å². The molecule has 94 valence electrons. The number of carbonyl (C=O) groups excluding carboxylic acids is 2. The fourth-order valence-electron chi connectivity index (χ4n) is 1.36. The number of hydrogen-bond donors (Lipinski definition) is 3. The molecule has 0 heterocycles. The Morgan fingerprint density at radius 2 is 1.94 bits per heavy atom. The molecule has 0 aliphatic carbocycles. The average Bonchev–Trinajstić information content (AvgIpc) is 2.26. The van der Waals surface area contributed by atoms with Gasteiger partial charge in [-0.1, -0.05) is 6.92 Å². The summed E-state index contributed by atoms with van der Waals surface area (Å²) < 4.78 is 0. The third-order valence-electron chi connectivity index (χ3n) is 2.74. The molecule has 0 radical (unpaired) electrons. The van der Waals surface area contributed by atoms with Gasteiger partial charge in [-0.2, -0.15) is 0 Å². The van der Waals surface area contributed by atoms with Gasteiger partial charge in [-0.05, 0) is 20.9 Å². The van der Waals surface area contributed by atoms with Crippen LogP contribution in [0.1, 0.15) is 20.8 Å². The first-order valence-corrected chi connectivity index (χ1v) is 5.41. The molecule has 4 N–H and O–H groups in total. The highest BCUT2D eigenvalue weighted by Crippen LogP contribution is 2.08. The van der Waals surface area contributed by atoms with E-state index in [9.17, 15) is 9.59 Å². The number of nitrogens with one attached hydrogen (secondary N) is 2. The summed E-state index contributed by atoms with van der Waals surface area (Å²) in [5, 5.41) is 2.71. The van der Waals surface area contributed by atoms with Crippen LogP contribution in [0.15, 0.2) is 0 Å². The van der Waals surface area contributed by atoms with E-state index in [2.05, 4.69) is 10.7 Å². The van der Waals surface area contributed by atoms with E-state index in [1.54, 1.807) is 14.0 Å². The molecule has 0 aliphatic rings. The zero-order chi connectivity index (χ0) is 12.7. The van der Waals surface area contributed by atoms with Crippen molar-refractivity contribution in [3.8, 4) is 0 Å². The number of rotatable bonds is 6. The van der Waals surface area contributed by atoms with Gasteiger partial charge >= 0.3 is 0 Å². The van der Waals surface area contributed by atoms with Crippen molar-refractivity contribution in [2.24, 2.45) is 11.8 Å². The van der Waals surface area contributed by atoms with Gasteiger partial charge in [-0.15, -0.1) is 0 Å². The molecule has 0 aromatic carbocycles. The number of likely N-dealkylation sites (N-methyl/N-ethyl adjacent to an activating group) is 2. The van der Waals surface area contributed by atoms with Crippen molar-refractivity contribution < 1.29 is 9.59 Å². The standard InChI is InChI=1S/C10H22N4O2/c1-5-12-9(15)6-14(4)8(3)7(2)10(16)13-11/h7-8H,5-6,11H2,1-4H3,(H,12,15)(H,13,16). The molecule has 2 amide bonds. The minimum absolute atomic E-state index is 0.0443. The summed E-state index contributed by atoms with van der Waals surface area (Å²) in [7, 11) is 1.81. The lowest BCUT2D eigenvalue weighted by molar-refractivity contribution is -0.128. The van der Waals surface area contributed by atoms with E-state index in [4.69, 9.17) is 5.84 Å². The lowest BCUT2D eigenvalue weighted by Gasteiger charge is -2.28. The normalized spacial score (nSPS) is 14.4. The van der Waals surface area contributed by atoms with Crippen LogP contribution in [-0.2, 0) is 9.59 Å². The lowest BCUT2D eigenvalue weighted by Crippen LogP contribution is -2.47. The highest BCUT2D eigenvalue weighted by atomic mass is 16.2. The smallest absolute Gasteiger partial charge is 0.238 e. The summed E-state index contributed by atoms with van der Waals surface area (Å²) in [6.45, 7) is 6.42. The molecule has 0 saturated heterocycles. The van der Waals surface area contributed by atoms with E-state index in [1.807, 2.05) is 18.7 Å². The van der Waals surface area contributed by atoms with Gasteiger partial charge in [0.1, 0.15) is 0 Å². The summed E-state index contributed by atoms with van der Waals surface area (Å²) in [6.07, 6.45) is 0. The molecule has 6 heteroatoms. The van der Waals surface area contributed by atoms with Crippen molar-refractivity contribution in [2.45, 2.75) is 26.8 Å². The molecular formula is C10H22N4O2. The predicted molar refractivity (Wildman–Crippen MR) is 62.3 cm³/mol. The molecule has 0 fully saturated rings. The summed E-state index contributed by atoms with van der Waals surface area (Å²) >= 11 is 0. The minimum Gasteiger partial charge on any atom is -0.355 e. The Hall–Kier alpha value is -1.14. The Kier molecular flexibility index (Phi) is 6.67. The largest absolute Gasteiger partial charge is 0.355 e. The Morgan fingerprint density at radius 3 is 2.38 bits per heavy atom. The summed E-state index contributed by atoms with van der Waals surface area (Å²) in [5.74, 6) is 4.53. The Labute approximate surface area is 96.5 Å². The molecule has 0 saturated carbocycles. The Bertz CT molecular complexity index is 245. The summed E-state index contributed by atoms with van der Waals surface area (Å²) in [4.78, 5) is 24.5. The maximum Gasteiger partial charge on any atom is 0.238 e. The molecule has 0 aliphatic heterocycles. The highest BCUT2D eigenvalue weighted by Gasteiger charge is 2.23. The van der Waals surface area contributed by atoms with Crippen molar-refractivity contribution in [3.63, 3.8) is 0 Å². The van der Waals surface area contributed by atoms with Gasteiger partial charge in [0.25, 0.3) is 0 Å². The van der Waals surface area contributed by atoms with Crippen LogP contribution in [0.5, 0.6) is 0 Å². The van der Waals surface area contributed by atoms with E-state index >= 15 is 0 Å². The number of amides is 2. The molecule has 2 atom stereocenters. The Morgan fingerprint density at radius 1 is 1.38 bits per heavy atom. The van der Waals surface area contributed by atoms with Crippen LogP contribution in [0, 0.1) is 5.92 Å². The molecule has 2 unspecified atom stereocenters. The lowest BCUT2D eigenvalue weighted by atomic mass is 10.0. The summed E-state index contributed by atoms with van der Waals surface area (Å²) in [6, 6.07) is -0.0499. The molecule has 0 aromatic heterocycles. The second-order valence-corrected chi connectivity index (χ2v) is 3.91. The molecule has 0 bridgehead atoms. The first kappa shape index (κ1) is 14.9. The zero-order valence-corrected chi connectivity index (χ0v) is 10.4. The van der Waals surface area contributed by atoms with E-state index in [0.29, 0.717) is 6.54 Å². The minimum atomic E-state index is -0.260. The van der Waals surface area contributed by atoms with E-state index in [0.717, 1.165) is 0 Å². The van der Waals surface area contributed by atoms with E-state index in [1.165, 1.54) is 0 Å². The monoisotopic (exact) mass is 230 g/mol. The van der Waals surface area contributed by atoms with Crippen LogP contribution < -0.4 is 16.6 Å². The first-order chi connectivity index (χ1) is 7.43. The summed E-state index contributed by atoms with van der Waals surface area (Å²) in [5.41, 5.74) is 2.11. The first-order valence-electron chi connectivity index (χ1n) is 5.41.